The van der Waals surface area contributed by atoms with Crippen LogP contribution in [0.3, 0.4) is 0 Å². The van der Waals surface area contributed by atoms with Gasteiger partial charge in [-0.05, 0) is 17.4 Å². The molecule has 0 aliphatic carbocycles. The van der Waals surface area contributed by atoms with Gasteiger partial charge in [0.2, 0.25) is 0 Å². The van der Waals surface area contributed by atoms with E-state index < -0.39 is 0 Å². The first-order chi connectivity index (χ1) is 9.85. The van der Waals surface area contributed by atoms with Crippen LogP contribution in [0.25, 0.3) is 6.08 Å². The van der Waals surface area contributed by atoms with Gasteiger partial charge in [0.25, 0.3) is 0 Å². The quantitative estimate of drug-likeness (QED) is 0.639. The van der Waals surface area contributed by atoms with E-state index in [9.17, 15) is 0 Å². The summed E-state index contributed by atoms with van der Waals surface area (Å²) in [5, 5.41) is 0. The van der Waals surface area contributed by atoms with E-state index in [4.69, 9.17) is 0 Å². The van der Waals surface area contributed by atoms with Crippen molar-refractivity contribution in [2.75, 3.05) is 0 Å². The second kappa shape index (κ2) is 7.74. The van der Waals surface area contributed by atoms with Crippen LogP contribution in [0, 0.1) is 0 Å². The van der Waals surface area contributed by atoms with Crippen LogP contribution in [-0.2, 0) is 6.32 Å². The van der Waals surface area contributed by atoms with E-state index in [0.29, 0.717) is 6.71 Å². The molecule has 0 radical (unpaired) electrons. The summed E-state index contributed by atoms with van der Waals surface area (Å²) in [6, 6.07) is 19.5. The Labute approximate surface area is 123 Å². The van der Waals surface area contributed by atoms with Crippen molar-refractivity contribution in [2.24, 2.45) is 0 Å². The molecule has 2 aromatic carbocycles. The highest BCUT2D eigenvalue weighted by molar-refractivity contribution is 6.72. The lowest BCUT2D eigenvalue weighted by atomic mass is 9.39. The standard InChI is InChI=1S/C19H23B/c1-3-5-15-20(19-13-7-6-8-14-19)16-18-12-10-9-11-17(18)4-2/h4,6-14H,2-3,5,15-16H2,1H3. The monoisotopic (exact) mass is 262 g/mol. The molecule has 0 nitrogen and oxygen atoms in total. The zero-order chi connectivity index (χ0) is 14.2. The van der Waals surface area contributed by atoms with Gasteiger partial charge in [0.1, 0.15) is 0 Å². The molecule has 0 saturated heterocycles. The minimum Gasteiger partial charge on any atom is -0.0985 e. The van der Waals surface area contributed by atoms with Crippen molar-refractivity contribution in [1.29, 1.82) is 0 Å². The van der Waals surface area contributed by atoms with Gasteiger partial charge >= 0.3 is 0 Å². The van der Waals surface area contributed by atoms with Gasteiger partial charge in [-0.1, -0.05) is 98.8 Å². The third-order valence-electron chi connectivity index (χ3n) is 3.92. The zero-order valence-electron chi connectivity index (χ0n) is 12.4. The lowest BCUT2D eigenvalue weighted by Crippen LogP contribution is -2.32. The molecule has 2 rings (SSSR count). The topological polar surface area (TPSA) is 0 Å². The Morgan fingerprint density at radius 2 is 1.70 bits per heavy atom. The molecular formula is C19H23B. The van der Waals surface area contributed by atoms with Crippen LogP contribution in [0.4, 0.5) is 0 Å². The van der Waals surface area contributed by atoms with Crippen LogP contribution in [-0.4, -0.2) is 6.71 Å². The van der Waals surface area contributed by atoms with Crippen LogP contribution < -0.4 is 5.46 Å². The summed E-state index contributed by atoms with van der Waals surface area (Å²) in [5.74, 6) is 0. The van der Waals surface area contributed by atoms with Gasteiger partial charge in [-0.3, -0.25) is 0 Å². The molecule has 0 unspecified atom stereocenters. The Morgan fingerprint density at radius 3 is 2.40 bits per heavy atom. The summed E-state index contributed by atoms with van der Waals surface area (Å²) in [5.41, 5.74) is 4.14. The smallest absolute Gasteiger partial charge is 0.0985 e. The van der Waals surface area contributed by atoms with E-state index in [-0.39, 0.29) is 0 Å². The lowest BCUT2D eigenvalue weighted by molar-refractivity contribution is 0.873. The van der Waals surface area contributed by atoms with E-state index in [1.54, 1.807) is 0 Å². The minimum atomic E-state index is 0.609. The molecule has 0 saturated carbocycles. The summed E-state index contributed by atoms with van der Waals surface area (Å²) in [4.78, 5) is 0. The number of rotatable bonds is 7. The summed E-state index contributed by atoms with van der Waals surface area (Å²) in [6.07, 6.45) is 6.87. The molecule has 0 bridgehead atoms. The van der Waals surface area contributed by atoms with E-state index in [1.807, 2.05) is 6.08 Å². The van der Waals surface area contributed by atoms with Gasteiger partial charge in [-0.15, -0.1) is 0 Å². The highest BCUT2D eigenvalue weighted by Crippen LogP contribution is 2.15. The Morgan fingerprint density at radius 1 is 1.00 bits per heavy atom. The lowest BCUT2D eigenvalue weighted by Gasteiger charge is -2.15. The van der Waals surface area contributed by atoms with E-state index in [1.165, 1.54) is 35.8 Å². The highest BCUT2D eigenvalue weighted by atomic mass is 14.0. The van der Waals surface area contributed by atoms with Crippen molar-refractivity contribution >= 4 is 18.3 Å². The van der Waals surface area contributed by atoms with E-state index in [2.05, 4.69) is 68.1 Å². The molecule has 20 heavy (non-hydrogen) atoms. The van der Waals surface area contributed by atoms with Crippen LogP contribution in [0.1, 0.15) is 30.9 Å². The largest absolute Gasteiger partial charge is 0.180 e. The summed E-state index contributed by atoms with van der Waals surface area (Å²) >= 11 is 0. The summed E-state index contributed by atoms with van der Waals surface area (Å²) in [7, 11) is 0. The maximum atomic E-state index is 3.93. The normalized spacial score (nSPS) is 10.2. The first kappa shape index (κ1) is 14.6. The van der Waals surface area contributed by atoms with Crippen LogP contribution in [0.2, 0.25) is 6.32 Å². The zero-order valence-corrected chi connectivity index (χ0v) is 12.4. The molecule has 0 atom stereocenters. The molecule has 0 aliphatic rings. The average molecular weight is 262 g/mol. The molecule has 0 N–H and O–H groups in total. The average Bonchev–Trinajstić information content (AvgIpc) is 2.52. The number of unbranched alkanes of at least 4 members (excludes halogenated alkanes) is 1. The SMILES string of the molecule is C=Cc1ccccc1CB(CCCC)c1ccccc1. The van der Waals surface area contributed by atoms with Crippen LogP contribution >= 0.6 is 0 Å². The molecule has 1 heteroatoms. The Bertz CT molecular complexity index is 530. The second-order valence-corrected chi connectivity index (χ2v) is 5.36. The van der Waals surface area contributed by atoms with Gasteiger partial charge in [0.05, 0.1) is 0 Å². The number of hydrogen-bond acceptors (Lipinski definition) is 0. The van der Waals surface area contributed by atoms with Crippen molar-refractivity contribution < 1.29 is 0 Å². The van der Waals surface area contributed by atoms with Gasteiger partial charge in [0, 0.05) is 0 Å². The molecule has 2 aromatic rings. The van der Waals surface area contributed by atoms with Gasteiger partial charge in [-0.25, -0.2) is 0 Å². The maximum Gasteiger partial charge on any atom is 0.180 e. The highest BCUT2D eigenvalue weighted by Gasteiger charge is 2.17. The van der Waals surface area contributed by atoms with Crippen molar-refractivity contribution in [1.82, 2.24) is 0 Å². The number of hydrogen-bond donors (Lipinski definition) is 0. The van der Waals surface area contributed by atoms with Gasteiger partial charge in [0.15, 0.2) is 6.71 Å². The fraction of sp³-hybridized carbons (Fsp3) is 0.263. The second-order valence-electron chi connectivity index (χ2n) is 5.36. The third-order valence-corrected chi connectivity index (χ3v) is 3.92. The van der Waals surface area contributed by atoms with Crippen LogP contribution in [0.5, 0.6) is 0 Å². The molecule has 0 aromatic heterocycles. The molecule has 102 valence electrons. The fourth-order valence-electron chi connectivity index (χ4n) is 2.75. The van der Waals surface area contributed by atoms with Crippen molar-refractivity contribution in [3.63, 3.8) is 0 Å². The predicted octanol–water partition coefficient (Wildman–Crippen LogP) is 4.61. The molecular weight excluding hydrogens is 239 g/mol. The summed E-state index contributed by atoms with van der Waals surface area (Å²) in [6.45, 7) is 6.81. The minimum absolute atomic E-state index is 0.609. The number of benzene rings is 2. The predicted molar refractivity (Wildman–Crippen MR) is 91.8 cm³/mol. The van der Waals surface area contributed by atoms with E-state index in [0.717, 1.165) is 6.32 Å². The Balaban J connectivity index is 2.21. The molecule has 0 heterocycles. The first-order valence-corrected chi connectivity index (χ1v) is 7.60. The molecule has 0 aliphatic heterocycles. The van der Waals surface area contributed by atoms with Crippen molar-refractivity contribution in [2.45, 2.75) is 32.4 Å². The van der Waals surface area contributed by atoms with E-state index >= 15 is 0 Å². The van der Waals surface area contributed by atoms with Crippen molar-refractivity contribution in [3.05, 3.63) is 72.3 Å². The van der Waals surface area contributed by atoms with Crippen LogP contribution in [0.15, 0.2) is 61.2 Å². The fourth-order valence-corrected chi connectivity index (χ4v) is 2.75. The summed E-state index contributed by atoms with van der Waals surface area (Å²) < 4.78 is 0. The Kier molecular flexibility index (Phi) is 5.67. The molecule has 0 amide bonds. The third kappa shape index (κ3) is 3.87. The first-order valence-electron chi connectivity index (χ1n) is 7.60. The molecule has 0 fully saturated rings. The maximum absolute atomic E-state index is 3.93. The Hall–Kier alpha value is -1.76. The van der Waals surface area contributed by atoms with Gasteiger partial charge < -0.3 is 0 Å². The van der Waals surface area contributed by atoms with Crippen molar-refractivity contribution in [3.8, 4) is 0 Å². The molecule has 0 spiro atoms. The van der Waals surface area contributed by atoms with Gasteiger partial charge in [-0.2, -0.15) is 0 Å².